The Bertz CT molecular complexity index is 614. The number of hydrogen-bond donors (Lipinski definition) is 12. The predicted molar refractivity (Wildman–Crippen MR) is 148 cm³/mol. The summed E-state index contributed by atoms with van der Waals surface area (Å²) in [5.41, 5.74) is 13.0. The lowest BCUT2D eigenvalue weighted by Gasteiger charge is -2.16. The van der Waals surface area contributed by atoms with Gasteiger partial charge in [-0.1, -0.05) is 6.58 Å². The average Bonchev–Trinajstić information content (AvgIpc) is 2.85. The zero-order valence-electron chi connectivity index (χ0n) is 23.5. The zero-order chi connectivity index (χ0) is 33.9. The molecule has 0 aromatic carbocycles. The van der Waals surface area contributed by atoms with Crippen molar-refractivity contribution >= 4 is 29.8 Å². The molecule has 0 saturated heterocycles. The normalized spacial score (nSPS) is 9.55. The molecular formula is C22H48N6O14. The predicted octanol–water partition coefficient (Wildman–Crippen LogP) is -6.25. The number of carbonyl (C=O) groups excluding carboxylic acids is 2. The molecule has 250 valence electrons. The molecule has 0 heterocycles. The summed E-state index contributed by atoms with van der Waals surface area (Å²) in [4.78, 5) is 53.3. The number of nitrogens with zero attached hydrogens (tertiary/aromatic N) is 3. The van der Waals surface area contributed by atoms with E-state index in [-0.39, 0.29) is 98.5 Å². The van der Waals surface area contributed by atoms with Gasteiger partial charge in [-0.05, 0) is 6.08 Å². The van der Waals surface area contributed by atoms with Crippen molar-refractivity contribution in [1.82, 2.24) is 14.7 Å². The topological polar surface area (TPSA) is 355 Å². The lowest BCUT2D eigenvalue weighted by atomic mass is 10.4. The summed E-state index contributed by atoms with van der Waals surface area (Å²) in [6, 6.07) is -0.833. The molecule has 0 aliphatic carbocycles. The summed E-state index contributed by atoms with van der Waals surface area (Å²) in [5, 5.41) is 75.8. The van der Waals surface area contributed by atoms with Gasteiger partial charge in [0.2, 0.25) is 5.91 Å². The Hall–Kier alpha value is -3.47. The van der Waals surface area contributed by atoms with Crippen LogP contribution in [0, 0.1) is 0 Å². The second kappa shape index (κ2) is 37.5. The van der Waals surface area contributed by atoms with Gasteiger partial charge in [0.25, 0.3) is 0 Å². The number of aliphatic hydroxyl groups is 6. The highest BCUT2D eigenvalue weighted by molar-refractivity contribution is 5.85. The largest absolute Gasteiger partial charge is 0.480 e. The fourth-order valence-corrected chi connectivity index (χ4v) is 2.23. The zero-order valence-corrected chi connectivity index (χ0v) is 23.5. The van der Waals surface area contributed by atoms with Crippen molar-refractivity contribution in [2.45, 2.75) is 0 Å². The lowest BCUT2D eigenvalue weighted by Crippen LogP contribution is -2.34. The van der Waals surface area contributed by atoms with E-state index in [0.717, 1.165) is 6.08 Å². The number of carbonyl (C=O) groups is 5. The molecule has 0 fully saturated rings. The SMILES string of the molecule is C=CC(N)=O.NC(N)=O.O=C(O)CN(CCO)CCO.O=C(O)CN(CCO)CCO.O=C(O)CN(CCO)CCO. The van der Waals surface area contributed by atoms with Crippen molar-refractivity contribution in [3.05, 3.63) is 12.7 Å². The molecule has 15 N–H and O–H groups in total. The van der Waals surface area contributed by atoms with Crippen molar-refractivity contribution in [1.29, 1.82) is 0 Å². The van der Waals surface area contributed by atoms with E-state index in [2.05, 4.69) is 23.8 Å². The monoisotopic (exact) mass is 620 g/mol. The molecule has 0 bridgehead atoms. The fraction of sp³-hybridized carbons (Fsp3) is 0.682. The molecule has 0 saturated carbocycles. The Morgan fingerprint density at radius 1 is 0.500 bits per heavy atom. The number of primary amides is 3. The van der Waals surface area contributed by atoms with E-state index in [1.54, 1.807) is 0 Å². The van der Waals surface area contributed by atoms with Gasteiger partial charge in [-0.2, -0.15) is 0 Å². The minimum Gasteiger partial charge on any atom is -0.480 e. The Morgan fingerprint density at radius 2 is 0.643 bits per heavy atom. The average molecular weight is 621 g/mol. The first-order valence-corrected chi connectivity index (χ1v) is 12.1. The van der Waals surface area contributed by atoms with Crippen molar-refractivity contribution in [2.24, 2.45) is 17.2 Å². The van der Waals surface area contributed by atoms with Gasteiger partial charge >= 0.3 is 23.9 Å². The summed E-state index contributed by atoms with van der Waals surface area (Å²) in [6.45, 7) is 3.84. The Kier molecular flexibility index (Phi) is 43.1. The highest BCUT2D eigenvalue weighted by atomic mass is 16.4. The third-order valence-corrected chi connectivity index (χ3v) is 3.78. The summed E-state index contributed by atoms with van der Waals surface area (Å²) in [5.74, 6) is -3.34. The Labute approximate surface area is 243 Å². The minimum atomic E-state index is -0.952. The summed E-state index contributed by atoms with van der Waals surface area (Å²) < 4.78 is 0. The van der Waals surface area contributed by atoms with Crippen LogP contribution in [0.15, 0.2) is 12.7 Å². The fourth-order valence-electron chi connectivity index (χ4n) is 2.23. The Balaban J connectivity index is -0.000000142. The van der Waals surface area contributed by atoms with Crippen LogP contribution < -0.4 is 17.2 Å². The highest BCUT2D eigenvalue weighted by Gasteiger charge is 2.08. The number of nitrogens with two attached hydrogens (primary N) is 3. The molecule has 0 atom stereocenters. The maximum absolute atomic E-state index is 10.2. The molecule has 0 aromatic heterocycles. The molecule has 0 aromatic rings. The van der Waals surface area contributed by atoms with Crippen LogP contribution in [-0.4, -0.2) is 189 Å². The number of carboxylic acids is 3. The van der Waals surface area contributed by atoms with Crippen molar-refractivity contribution < 1.29 is 69.9 Å². The van der Waals surface area contributed by atoms with E-state index >= 15 is 0 Å². The van der Waals surface area contributed by atoms with Gasteiger partial charge in [0.15, 0.2) is 0 Å². The van der Waals surface area contributed by atoms with Crippen LogP contribution in [0.25, 0.3) is 0 Å². The van der Waals surface area contributed by atoms with E-state index in [4.69, 9.17) is 50.8 Å². The standard InChI is InChI=1S/3C6H13NO4.C3H5NO.CH4N2O/c3*8-3-1-7(2-4-9)5-6(10)11;1-2-3(4)5;2-1(3)4/h3*8-9H,1-5H2,(H,10,11);2H,1H2,(H2,4,5);(H4,2,3,4). The number of rotatable bonds is 19. The van der Waals surface area contributed by atoms with Crippen LogP contribution in [0.4, 0.5) is 4.79 Å². The van der Waals surface area contributed by atoms with Crippen molar-refractivity contribution in [3.63, 3.8) is 0 Å². The molecule has 3 amide bonds. The van der Waals surface area contributed by atoms with Gasteiger partial charge in [-0.25, -0.2) is 4.79 Å². The second-order valence-electron chi connectivity index (χ2n) is 7.36. The van der Waals surface area contributed by atoms with Gasteiger partial charge in [-0.3, -0.25) is 33.9 Å². The smallest absolute Gasteiger partial charge is 0.317 e. The van der Waals surface area contributed by atoms with Gasteiger partial charge < -0.3 is 63.2 Å². The van der Waals surface area contributed by atoms with E-state index in [9.17, 15) is 19.2 Å². The summed E-state index contributed by atoms with van der Waals surface area (Å²) in [6.07, 6.45) is 1.06. The number of aliphatic carboxylic acids is 3. The van der Waals surface area contributed by atoms with Crippen molar-refractivity contribution in [3.8, 4) is 0 Å². The molecule has 0 spiro atoms. The second-order valence-corrected chi connectivity index (χ2v) is 7.36. The first-order chi connectivity index (χ1) is 19.6. The van der Waals surface area contributed by atoms with Crippen molar-refractivity contribution in [2.75, 3.05) is 98.5 Å². The van der Waals surface area contributed by atoms with Crippen LogP contribution in [-0.2, 0) is 19.2 Å². The quantitative estimate of drug-likeness (QED) is 0.0597. The number of carboxylic acid groups (broad SMARTS) is 3. The molecule has 20 heteroatoms. The number of urea groups is 1. The molecule has 0 unspecified atom stereocenters. The van der Waals surface area contributed by atoms with Gasteiger partial charge in [0.05, 0.1) is 59.3 Å². The maximum atomic E-state index is 10.2. The van der Waals surface area contributed by atoms with E-state index in [1.165, 1.54) is 14.7 Å². The minimum absolute atomic E-state index is 0.0900. The van der Waals surface area contributed by atoms with Crippen LogP contribution in [0.5, 0.6) is 0 Å². The van der Waals surface area contributed by atoms with Crippen LogP contribution in [0.3, 0.4) is 0 Å². The molecule has 0 radical (unpaired) electrons. The van der Waals surface area contributed by atoms with E-state index in [0.29, 0.717) is 0 Å². The van der Waals surface area contributed by atoms with Crippen LogP contribution in [0.1, 0.15) is 0 Å². The van der Waals surface area contributed by atoms with Gasteiger partial charge in [0, 0.05) is 39.3 Å². The van der Waals surface area contributed by atoms with Crippen LogP contribution >= 0.6 is 0 Å². The lowest BCUT2D eigenvalue weighted by molar-refractivity contribution is -0.139. The number of aliphatic hydroxyl groups excluding tert-OH is 6. The first-order valence-electron chi connectivity index (χ1n) is 12.1. The third kappa shape index (κ3) is 56.7. The summed E-state index contributed by atoms with van der Waals surface area (Å²) in [7, 11) is 0. The first kappa shape index (κ1) is 48.3. The summed E-state index contributed by atoms with van der Waals surface area (Å²) >= 11 is 0. The number of hydrogen-bond acceptors (Lipinski definition) is 14. The third-order valence-electron chi connectivity index (χ3n) is 3.78. The number of amides is 3. The van der Waals surface area contributed by atoms with E-state index in [1.807, 2.05) is 0 Å². The molecule has 0 aliphatic rings. The molecule has 0 rings (SSSR count). The maximum Gasteiger partial charge on any atom is 0.317 e. The molecule has 20 nitrogen and oxygen atoms in total. The highest BCUT2D eigenvalue weighted by Crippen LogP contribution is 1.87. The van der Waals surface area contributed by atoms with E-state index < -0.39 is 29.8 Å². The van der Waals surface area contributed by atoms with Gasteiger partial charge in [0.1, 0.15) is 0 Å². The molecule has 0 aliphatic heterocycles. The molecular weight excluding hydrogens is 572 g/mol. The Morgan fingerprint density at radius 3 is 0.714 bits per heavy atom. The van der Waals surface area contributed by atoms with Crippen LogP contribution in [0.2, 0.25) is 0 Å². The van der Waals surface area contributed by atoms with Gasteiger partial charge in [-0.15, -0.1) is 0 Å². The molecule has 42 heavy (non-hydrogen) atoms.